The van der Waals surface area contributed by atoms with Crippen molar-refractivity contribution < 1.29 is 8.42 Å². The van der Waals surface area contributed by atoms with E-state index in [0.717, 1.165) is 25.1 Å². The zero-order valence-electron chi connectivity index (χ0n) is 11.5. The van der Waals surface area contributed by atoms with Crippen LogP contribution in [0.3, 0.4) is 0 Å². The van der Waals surface area contributed by atoms with Gasteiger partial charge in [-0.2, -0.15) is 0 Å². The van der Waals surface area contributed by atoms with Crippen LogP contribution in [-0.2, 0) is 15.8 Å². The van der Waals surface area contributed by atoms with Crippen molar-refractivity contribution in [2.75, 3.05) is 20.1 Å². The smallest absolute Gasteiger partial charge is 0.216 e. The molecule has 0 spiro atoms. The molecule has 1 heterocycles. The fraction of sp³-hybridized carbons (Fsp3) is 0.571. The Morgan fingerprint density at radius 2 is 2.00 bits per heavy atom. The van der Waals surface area contributed by atoms with Crippen LogP contribution in [0.5, 0.6) is 0 Å². The SMILES string of the molecule is C[C@@H]1CN(C)CC[C@@H]1NS(=O)(=O)Cc1ccccc1. The molecule has 0 aromatic heterocycles. The topological polar surface area (TPSA) is 49.4 Å². The van der Waals surface area contributed by atoms with E-state index in [1.165, 1.54) is 0 Å². The second-order valence-corrected chi connectivity index (χ2v) is 7.25. The average molecular weight is 282 g/mol. The van der Waals surface area contributed by atoms with Gasteiger partial charge in [-0.05, 0) is 31.5 Å². The van der Waals surface area contributed by atoms with E-state index in [1.807, 2.05) is 30.3 Å². The molecule has 1 aliphatic heterocycles. The van der Waals surface area contributed by atoms with E-state index in [9.17, 15) is 8.42 Å². The summed E-state index contributed by atoms with van der Waals surface area (Å²) in [6.45, 7) is 3.99. The van der Waals surface area contributed by atoms with Crippen molar-refractivity contribution in [2.24, 2.45) is 5.92 Å². The molecule has 19 heavy (non-hydrogen) atoms. The van der Waals surface area contributed by atoms with Gasteiger partial charge in [0.2, 0.25) is 10.0 Å². The van der Waals surface area contributed by atoms with E-state index in [-0.39, 0.29) is 11.8 Å². The van der Waals surface area contributed by atoms with Crippen molar-refractivity contribution in [3.8, 4) is 0 Å². The average Bonchev–Trinajstić information content (AvgIpc) is 2.33. The molecule has 2 atom stereocenters. The number of piperidine rings is 1. The molecule has 0 bridgehead atoms. The maximum atomic E-state index is 12.2. The Morgan fingerprint density at radius 1 is 1.32 bits per heavy atom. The molecule has 106 valence electrons. The van der Waals surface area contributed by atoms with Crippen LogP contribution in [0.25, 0.3) is 0 Å². The molecule has 0 saturated carbocycles. The molecule has 1 aromatic carbocycles. The van der Waals surface area contributed by atoms with Crippen LogP contribution in [0.1, 0.15) is 18.9 Å². The second-order valence-electron chi connectivity index (χ2n) is 5.50. The van der Waals surface area contributed by atoms with Crippen LogP contribution in [0, 0.1) is 5.92 Å². The molecular formula is C14H22N2O2S. The van der Waals surface area contributed by atoms with Crippen LogP contribution in [0.4, 0.5) is 0 Å². The van der Waals surface area contributed by atoms with Gasteiger partial charge in [0.25, 0.3) is 0 Å². The molecule has 0 unspecified atom stereocenters. The molecule has 0 aliphatic carbocycles. The summed E-state index contributed by atoms with van der Waals surface area (Å²) in [5, 5.41) is 0. The fourth-order valence-electron chi connectivity index (χ4n) is 2.60. The maximum absolute atomic E-state index is 12.2. The first-order valence-electron chi connectivity index (χ1n) is 6.69. The van der Waals surface area contributed by atoms with Crippen molar-refractivity contribution in [2.45, 2.75) is 25.1 Å². The zero-order chi connectivity index (χ0) is 13.9. The number of nitrogens with zero attached hydrogens (tertiary/aromatic N) is 1. The Bertz CT molecular complexity index is 501. The zero-order valence-corrected chi connectivity index (χ0v) is 12.4. The van der Waals surface area contributed by atoms with Gasteiger partial charge < -0.3 is 4.90 Å². The van der Waals surface area contributed by atoms with Gasteiger partial charge in [-0.15, -0.1) is 0 Å². The van der Waals surface area contributed by atoms with Gasteiger partial charge in [0.1, 0.15) is 0 Å². The Labute approximate surface area is 115 Å². The first kappa shape index (κ1) is 14.5. The molecular weight excluding hydrogens is 260 g/mol. The van der Waals surface area contributed by atoms with Crippen molar-refractivity contribution in [1.29, 1.82) is 0 Å². The van der Waals surface area contributed by atoms with E-state index in [4.69, 9.17) is 0 Å². The van der Waals surface area contributed by atoms with Crippen LogP contribution in [-0.4, -0.2) is 39.5 Å². The number of nitrogens with one attached hydrogen (secondary N) is 1. The molecule has 4 nitrogen and oxygen atoms in total. The highest BCUT2D eigenvalue weighted by molar-refractivity contribution is 7.88. The van der Waals surface area contributed by atoms with E-state index in [0.29, 0.717) is 5.92 Å². The lowest BCUT2D eigenvalue weighted by molar-refractivity contribution is 0.188. The molecule has 1 aliphatic rings. The number of hydrogen-bond acceptors (Lipinski definition) is 3. The monoisotopic (exact) mass is 282 g/mol. The third kappa shape index (κ3) is 4.30. The highest BCUT2D eigenvalue weighted by atomic mass is 32.2. The Kier molecular flexibility index (Phi) is 4.60. The number of hydrogen-bond donors (Lipinski definition) is 1. The van der Waals surface area contributed by atoms with Crippen molar-refractivity contribution in [3.05, 3.63) is 35.9 Å². The number of likely N-dealkylation sites (tertiary alicyclic amines) is 1. The summed E-state index contributed by atoms with van der Waals surface area (Å²) in [6, 6.07) is 9.37. The lowest BCUT2D eigenvalue weighted by Crippen LogP contribution is -2.49. The lowest BCUT2D eigenvalue weighted by atomic mass is 9.95. The summed E-state index contributed by atoms with van der Waals surface area (Å²) in [5.41, 5.74) is 0.829. The minimum absolute atomic E-state index is 0.0601. The van der Waals surface area contributed by atoms with Crippen molar-refractivity contribution in [3.63, 3.8) is 0 Å². The third-order valence-corrected chi connectivity index (χ3v) is 5.01. The van der Waals surface area contributed by atoms with Gasteiger partial charge in [-0.1, -0.05) is 37.3 Å². The molecule has 1 saturated heterocycles. The van der Waals surface area contributed by atoms with Gasteiger partial charge in [-0.25, -0.2) is 13.1 Å². The van der Waals surface area contributed by atoms with E-state index >= 15 is 0 Å². The molecule has 1 aromatic rings. The summed E-state index contributed by atoms with van der Waals surface area (Å²) in [5.74, 6) is 0.414. The molecule has 0 radical (unpaired) electrons. The van der Waals surface area contributed by atoms with E-state index in [1.54, 1.807) is 0 Å². The third-order valence-electron chi connectivity index (χ3n) is 3.64. The van der Waals surface area contributed by atoms with Gasteiger partial charge in [0.05, 0.1) is 5.75 Å². The van der Waals surface area contributed by atoms with Crippen LogP contribution in [0.15, 0.2) is 30.3 Å². The van der Waals surface area contributed by atoms with Crippen LogP contribution in [0.2, 0.25) is 0 Å². The molecule has 2 rings (SSSR count). The summed E-state index contributed by atoms with van der Waals surface area (Å²) in [7, 11) is -1.18. The summed E-state index contributed by atoms with van der Waals surface area (Å²) < 4.78 is 27.2. The molecule has 1 N–H and O–H groups in total. The Balaban J connectivity index is 1.98. The predicted molar refractivity (Wildman–Crippen MR) is 77.3 cm³/mol. The first-order valence-corrected chi connectivity index (χ1v) is 8.34. The quantitative estimate of drug-likeness (QED) is 0.909. The van der Waals surface area contributed by atoms with Crippen LogP contribution >= 0.6 is 0 Å². The predicted octanol–water partition coefficient (Wildman–Crippen LogP) is 1.45. The number of rotatable bonds is 4. The number of benzene rings is 1. The summed E-state index contributed by atoms with van der Waals surface area (Å²) in [4.78, 5) is 2.24. The first-order chi connectivity index (χ1) is 8.96. The summed E-state index contributed by atoms with van der Waals surface area (Å²) >= 11 is 0. The van der Waals surface area contributed by atoms with Gasteiger partial charge >= 0.3 is 0 Å². The standard InChI is InChI=1S/C14H22N2O2S/c1-12-10-16(2)9-8-14(12)15-19(17,18)11-13-6-4-3-5-7-13/h3-7,12,14-15H,8-11H2,1-2H3/t12-,14+/m1/s1. The largest absolute Gasteiger partial charge is 0.306 e. The van der Waals surface area contributed by atoms with Gasteiger partial charge in [0.15, 0.2) is 0 Å². The lowest BCUT2D eigenvalue weighted by Gasteiger charge is -2.34. The van der Waals surface area contributed by atoms with Gasteiger partial charge in [-0.3, -0.25) is 0 Å². The second kappa shape index (κ2) is 6.03. The van der Waals surface area contributed by atoms with Gasteiger partial charge in [0, 0.05) is 12.6 Å². The number of sulfonamides is 1. The Hall–Kier alpha value is -0.910. The summed E-state index contributed by atoms with van der Waals surface area (Å²) in [6.07, 6.45) is 0.881. The molecule has 5 heteroatoms. The van der Waals surface area contributed by atoms with Crippen molar-refractivity contribution in [1.82, 2.24) is 9.62 Å². The fourth-order valence-corrected chi connectivity index (χ4v) is 4.12. The molecule has 1 fully saturated rings. The van der Waals surface area contributed by atoms with Crippen LogP contribution < -0.4 is 4.72 Å². The highest BCUT2D eigenvalue weighted by Crippen LogP contribution is 2.17. The van der Waals surface area contributed by atoms with E-state index in [2.05, 4.69) is 23.6 Å². The highest BCUT2D eigenvalue weighted by Gasteiger charge is 2.27. The normalized spacial score (nSPS) is 25.4. The van der Waals surface area contributed by atoms with Crippen molar-refractivity contribution >= 4 is 10.0 Å². The Morgan fingerprint density at radius 3 is 2.63 bits per heavy atom. The molecule has 0 amide bonds. The van der Waals surface area contributed by atoms with E-state index < -0.39 is 10.0 Å². The minimum Gasteiger partial charge on any atom is -0.306 e. The minimum atomic E-state index is -3.25. The maximum Gasteiger partial charge on any atom is 0.216 e.